The average molecular weight is 428 g/mol. The average Bonchev–Trinajstić information content (AvgIpc) is 3.38. The van der Waals surface area contributed by atoms with Gasteiger partial charge >= 0.3 is 0 Å². The zero-order valence-electron chi connectivity index (χ0n) is 18.1. The summed E-state index contributed by atoms with van der Waals surface area (Å²) in [5.74, 6) is 0.998. The lowest BCUT2D eigenvalue weighted by Crippen LogP contribution is -2.50. The molecule has 2 aliphatic rings. The number of aliphatic imine (C=N–C) groups is 1. The van der Waals surface area contributed by atoms with E-state index in [0.717, 1.165) is 70.2 Å². The number of thiazole rings is 1. The molecule has 2 fully saturated rings. The number of nitrogens with zero attached hydrogens (tertiary/aromatic N) is 4. The van der Waals surface area contributed by atoms with E-state index in [0.29, 0.717) is 6.04 Å². The van der Waals surface area contributed by atoms with Gasteiger partial charge < -0.3 is 15.0 Å². The zero-order valence-corrected chi connectivity index (χ0v) is 18.9. The molecule has 0 amide bonds. The Labute approximate surface area is 184 Å². The van der Waals surface area contributed by atoms with Crippen LogP contribution in [0.5, 0.6) is 0 Å². The van der Waals surface area contributed by atoms with Crippen LogP contribution < -0.4 is 5.32 Å². The van der Waals surface area contributed by atoms with Crippen LogP contribution in [-0.2, 0) is 17.7 Å². The van der Waals surface area contributed by atoms with Crippen LogP contribution in [0.4, 0.5) is 0 Å². The van der Waals surface area contributed by atoms with Gasteiger partial charge in [0.25, 0.3) is 0 Å². The number of morpholine rings is 1. The molecule has 1 N–H and O–H groups in total. The number of aryl methyl sites for hydroxylation is 2. The first-order chi connectivity index (χ1) is 14.7. The molecule has 2 atom stereocenters. The monoisotopic (exact) mass is 427 g/mol. The lowest BCUT2D eigenvalue weighted by atomic mass is 10.1. The molecule has 6 nitrogen and oxygen atoms in total. The maximum absolute atomic E-state index is 6.12. The van der Waals surface area contributed by atoms with Gasteiger partial charge in [-0.05, 0) is 31.7 Å². The van der Waals surface area contributed by atoms with Gasteiger partial charge in [-0.2, -0.15) is 0 Å². The quantitative estimate of drug-likeness (QED) is 0.418. The van der Waals surface area contributed by atoms with Crippen LogP contribution in [0.2, 0.25) is 0 Å². The molecular weight excluding hydrogens is 394 g/mol. The first-order valence-electron chi connectivity index (χ1n) is 11.0. The lowest BCUT2D eigenvalue weighted by molar-refractivity contribution is -0.0502. The van der Waals surface area contributed by atoms with Crippen molar-refractivity contribution in [1.82, 2.24) is 20.1 Å². The van der Waals surface area contributed by atoms with E-state index in [2.05, 4.69) is 67.7 Å². The largest absolute Gasteiger partial charge is 0.373 e. The van der Waals surface area contributed by atoms with Gasteiger partial charge in [0, 0.05) is 50.8 Å². The first-order valence-corrected chi connectivity index (χ1v) is 11.9. The summed E-state index contributed by atoms with van der Waals surface area (Å²) >= 11 is 1.77. The van der Waals surface area contributed by atoms with Crippen molar-refractivity contribution in [2.75, 3.05) is 39.8 Å². The van der Waals surface area contributed by atoms with Gasteiger partial charge in [-0.3, -0.25) is 9.89 Å². The third-order valence-corrected chi connectivity index (χ3v) is 6.95. The Morgan fingerprint density at radius 2 is 2.13 bits per heavy atom. The molecule has 7 heteroatoms. The summed E-state index contributed by atoms with van der Waals surface area (Å²) in [6.45, 7) is 7.67. The van der Waals surface area contributed by atoms with Gasteiger partial charge in [0.2, 0.25) is 0 Å². The molecule has 0 spiro atoms. The van der Waals surface area contributed by atoms with Gasteiger partial charge in [-0.25, -0.2) is 4.98 Å². The standard InChI is InChI=1S/C23H33N5OS/c1-18-17-30-22(26-18)10-6-7-11-25-23(24-2)28-15-20-21(16-28)29-13-12-27(20)14-19-8-4-3-5-9-19/h3-5,8-9,17,20-21H,6-7,10-16H2,1-2H3,(H,24,25). The van der Waals surface area contributed by atoms with Crippen molar-refractivity contribution < 1.29 is 4.74 Å². The Hall–Kier alpha value is -1.96. The Balaban J connectivity index is 1.25. The molecule has 3 heterocycles. The van der Waals surface area contributed by atoms with E-state index in [4.69, 9.17) is 4.74 Å². The summed E-state index contributed by atoms with van der Waals surface area (Å²) < 4.78 is 6.12. The molecule has 4 rings (SSSR count). The van der Waals surface area contributed by atoms with Gasteiger partial charge in [0.15, 0.2) is 5.96 Å². The molecule has 0 radical (unpaired) electrons. The van der Waals surface area contributed by atoms with Crippen molar-refractivity contribution in [3.63, 3.8) is 0 Å². The van der Waals surface area contributed by atoms with Gasteiger partial charge in [-0.1, -0.05) is 30.3 Å². The topological polar surface area (TPSA) is 53.0 Å². The van der Waals surface area contributed by atoms with Crippen molar-refractivity contribution in [3.05, 3.63) is 52.0 Å². The minimum Gasteiger partial charge on any atom is -0.373 e. The smallest absolute Gasteiger partial charge is 0.193 e. The highest BCUT2D eigenvalue weighted by atomic mass is 32.1. The van der Waals surface area contributed by atoms with E-state index < -0.39 is 0 Å². The normalized spacial score (nSPS) is 22.3. The van der Waals surface area contributed by atoms with Crippen molar-refractivity contribution in [2.24, 2.45) is 4.99 Å². The molecule has 2 aliphatic heterocycles. The predicted octanol–water partition coefficient (Wildman–Crippen LogP) is 2.93. The Morgan fingerprint density at radius 3 is 2.90 bits per heavy atom. The Kier molecular flexibility index (Phi) is 7.36. The van der Waals surface area contributed by atoms with Crippen molar-refractivity contribution in [1.29, 1.82) is 0 Å². The number of benzene rings is 1. The molecule has 30 heavy (non-hydrogen) atoms. The summed E-state index contributed by atoms with van der Waals surface area (Å²) in [6, 6.07) is 11.2. The number of rotatable bonds is 7. The number of unbranched alkanes of at least 4 members (excludes halogenated alkanes) is 1. The number of likely N-dealkylation sites (tertiary alicyclic amines) is 1. The highest BCUT2D eigenvalue weighted by molar-refractivity contribution is 7.09. The molecule has 0 saturated carbocycles. The number of hydrogen-bond acceptors (Lipinski definition) is 5. The second-order valence-electron chi connectivity index (χ2n) is 8.15. The molecule has 2 unspecified atom stereocenters. The van der Waals surface area contributed by atoms with E-state index in [1.54, 1.807) is 11.3 Å². The van der Waals surface area contributed by atoms with Crippen molar-refractivity contribution in [2.45, 2.75) is 44.9 Å². The van der Waals surface area contributed by atoms with Crippen molar-refractivity contribution in [3.8, 4) is 0 Å². The molecule has 2 saturated heterocycles. The van der Waals surface area contributed by atoms with Gasteiger partial charge in [0.1, 0.15) is 0 Å². The molecular formula is C23H33N5OS. The second kappa shape index (κ2) is 10.4. The van der Waals surface area contributed by atoms with E-state index >= 15 is 0 Å². The molecule has 162 valence electrons. The fraction of sp³-hybridized carbons (Fsp3) is 0.565. The van der Waals surface area contributed by atoms with Crippen LogP contribution >= 0.6 is 11.3 Å². The number of nitrogens with one attached hydrogen (secondary N) is 1. The van der Waals surface area contributed by atoms with E-state index in [1.807, 2.05) is 7.05 Å². The summed E-state index contributed by atoms with van der Waals surface area (Å²) in [6.07, 6.45) is 3.59. The molecule has 1 aromatic heterocycles. The Morgan fingerprint density at radius 1 is 1.27 bits per heavy atom. The minimum atomic E-state index is 0.258. The molecule has 2 aromatic rings. The van der Waals surface area contributed by atoms with Crippen LogP contribution in [-0.4, -0.2) is 72.7 Å². The molecule has 0 bridgehead atoms. The molecule has 0 aliphatic carbocycles. The third-order valence-electron chi connectivity index (χ3n) is 5.92. The van der Waals surface area contributed by atoms with E-state index in [-0.39, 0.29) is 6.10 Å². The lowest BCUT2D eigenvalue weighted by Gasteiger charge is -2.36. The van der Waals surface area contributed by atoms with Crippen molar-refractivity contribution >= 4 is 17.3 Å². The van der Waals surface area contributed by atoms with Crippen LogP contribution in [0.25, 0.3) is 0 Å². The highest BCUT2D eigenvalue weighted by Crippen LogP contribution is 2.24. The van der Waals surface area contributed by atoms with Crippen LogP contribution in [0, 0.1) is 6.92 Å². The highest BCUT2D eigenvalue weighted by Gasteiger charge is 2.41. The number of ether oxygens (including phenoxy) is 1. The maximum atomic E-state index is 6.12. The fourth-order valence-electron chi connectivity index (χ4n) is 4.40. The summed E-state index contributed by atoms with van der Waals surface area (Å²) in [7, 11) is 1.88. The van der Waals surface area contributed by atoms with E-state index in [9.17, 15) is 0 Å². The van der Waals surface area contributed by atoms with Crippen LogP contribution in [0.15, 0.2) is 40.7 Å². The predicted molar refractivity (Wildman–Crippen MR) is 123 cm³/mol. The maximum Gasteiger partial charge on any atom is 0.193 e. The van der Waals surface area contributed by atoms with Crippen LogP contribution in [0.3, 0.4) is 0 Å². The molecule has 1 aromatic carbocycles. The number of hydrogen-bond donors (Lipinski definition) is 1. The zero-order chi connectivity index (χ0) is 20.8. The Bertz CT molecular complexity index is 824. The summed E-state index contributed by atoms with van der Waals surface area (Å²) in [5, 5.41) is 6.94. The fourth-order valence-corrected chi connectivity index (χ4v) is 5.21. The SMILES string of the molecule is CN=C(NCCCCc1nc(C)cs1)N1CC2OCCN(Cc3ccccc3)C2C1. The van der Waals surface area contributed by atoms with Gasteiger partial charge in [0.05, 0.1) is 23.8 Å². The second-order valence-corrected chi connectivity index (χ2v) is 9.09. The number of guanidine groups is 1. The minimum absolute atomic E-state index is 0.258. The number of aromatic nitrogens is 1. The first kappa shape index (κ1) is 21.3. The number of fused-ring (bicyclic) bond motifs is 1. The third kappa shape index (κ3) is 5.39. The van der Waals surface area contributed by atoms with Crippen LogP contribution in [0.1, 0.15) is 29.1 Å². The van der Waals surface area contributed by atoms with E-state index in [1.165, 1.54) is 10.6 Å². The van der Waals surface area contributed by atoms with Gasteiger partial charge in [-0.15, -0.1) is 11.3 Å². The summed E-state index contributed by atoms with van der Waals surface area (Å²) in [5.41, 5.74) is 2.50. The summed E-state index contributed by atoms with van der Waals surface area (Å²) in [4.78, 5) is 14.0.